The van der Waals surface area contributed by atoms with E-state index in [0.29, 0.717) is 5.92 Å². The van der Waals surface area contributed by atoms with Crippen LogP contribution in [0.2, 0.25) is 0 Å². The molecule has 18 heavy (non-hydrogen) atoms. The van der Waals surface area contributed by atoms with Gasteiger partial charge in [-0.25, -0.2) is 0 Å². The summed E-state index contributed by atoms with van der Waals surface area (Å²) in [5.74, 6) is 0.878. The van der Waals surface area contributed by atoms with Crippen molar-refractivity contribution in [3.05, 3.63) is 0 Å². The Morgan fingerprint density at radius 2 is 1.72 bits per heavy atom. The number of amides is 1. The molecule has 0 aromatic carbocycles. The van der Waals surface area contributed by atoms with E-state index in [2.05, 4.69) is 39.9 Å². The van der Waals surface area contributed by atoms with Crippen molar-refractivity contribution >= 4 is 5.91 Å². The van der Waals surface area contributed by atoms with Crippen molar-refractivity contribution in [1.82, 2.24) is 5.32 Å². The molecule has 0 aliphatic heterocycles. The lowest BCUT2D eigenvalue weighted by atomic mass is 9.79. The summed E-state index contributed by atoms with van der Waals surface area (Å²) in [7, 11) is 0. The van der Waals surface area contributed by atoms with Crippen LogP contribution in [0.1, 0.15) is 74.1 Å². The van der Waals surface area contributed by atoms with E-state index in [-0.39, 0.29) is 16.7 Å². The Morgan fingerprint density at radius 3 is 2.11 bits per heavy atom. The number of hydrogen-bond acceptors (Lipinski definition) is 1. The minimum atomic E-state index is -0.235. The van der Waals surface area contributed by atoms with Gasteiger partial charge in [-0.15, -0.1) is 0 Å². The highest BCUT2D eigenvalue weighted by molar-refractivity contribution is 5.81. The molecule has 0 saturated heterocycles. The highest BCUT2D eigenvalue weighted by Gasteiger charge is 2.29. The molecule has 0 spiro atoms. The van der Waals surface area contributed by atoms with E-state index in [4.69, 9.17) is 0 Å². The SMILES string of the molecule is CCCC(C)(C)C(=O)NC[C@@](C)(CC)CC(C)C. The fraction of sp³-hybridized carbons (Fsp3) is 0.938. The topological polar surface area (TPSA) is 29.1 Å². The molecule has 2 heteroatoms. The van der Waals surface area contributed by atoms with Crippen molar-refractivity contribution in [1.29, 1.82) is 0 Å². The fourth-order valence-electron chi connectivity index (χ4n) is 2.60. The van der Waals surface area contributed by atoms with E-state index in [9.17, 15) is 4.79 Å². The summed E-state index contributed by atoms with van der Waals surface area (Å²) in [6.07, 6.45) is 4.28. The number of nitrogens with one attached hydrogen (secondary N) is 1. The highest BCUT2D eigenvalue weighted by atomic mass is 16.2. The van der Waals surface area contributed by atoms with Crippen molar-refractivity contribution in [2.45, 2.75) is 74.1 Å². The predicted molar refractivity (Wildman–Crippen MR) is 79.6 cm³/mol. The molecular weight excluding hydrogens is 222 g/mol. The third-order valence-electron chi connectivity index (χ3n) is 3.92. The lowest BCUT2D eigenvalue weighted by Crippen LogP contribution is -2.42. The minimum Gasteiger partial charge on any atom is -0.355 e. The summed E-state index contributed by atoms with van der Waals surface area (Å²) >= 11 is 0. The van der Waals surface area contributed by atoms with Crippen LogP contribution in [0.5, 0.6) is 0 Å². The van der Waals surface area contributed by atoms with Gasteiger partial charge in [0.25, 0.3) is 0 Å². The first-order valence-electron chi connectivity index (χ1n) is 7.45. The lowest BCUT2D eigenvalue weighted by molar-refractivity contribution is -0.130. The Labute approximate surface area is 114 Å². The molecule has 108 valence electrons. The molecule has 1 atom stereocenters. The molecule has 0 rings (SSSR count). The summed E-state index contributed by atoms with van der Waals surface area (Å²) < 4.78 is 0. The second-order valence-electron chi connectivity index (χ2n) is 7.08. The van der Waals surface area contributed by atoms with Crippen LogP contribution in [0.4, 0.5) is 0 Å². The molecule has 0 radical (unpaired) electrons. The monoisotopic (exact) mass is 255 g/mol. The zero-order valence-corrected chi connectivity index (χ0v) is 13.5. The largest absolute Gasteiger partial charge is 0.355 e. The van der Waals surface area contributed by atoms with Crippen LogP contribution in [0.3, 0.4) is 0 Å². The van der Waals surface area contributed by atoms with Gasteiger partial charge in [-0.2, -0.15) is 0 Å². The minimum absolute atomic E-state index is 0.202. The van der Waals surface area contributed by atoms with Gasteiger partial charge in [0.15, 0.2) is 0 Å². The molecule has 0 aliphatic rings. The molecule has 0 fully saturated rings. The van der Waals surface area contributed by atoms with E-state index in [1.165, 1.54) is 0 Å². The molecule has 1 N–H and O–H groups in total. The van der Waals surface area contributed by atoms with Gasteiger partial charge in [-0.3, -0.25) is 4.79 Å². The Bertz CT molecular complexity index is 258. The smallest absolute Gasteiger partial charge is 0.225 e. The van der Waals surface area contributed by atoms with Crippen LogP contribution >= 0.6 is 0 Å². The summed E-state index contributed by atoms with van der Waals surface area (Å²) in [5.41, 5.74) is -0.00659. The number of hydrogen-bond donors (Lipinski definition) is 1. The molecular formula is C16H33NO. The Kier molecular flexibility index (Phi) is 6.94. The maximum atomic E-state index is 12.2. The van der Waals surface area contributed by atoms with Crippen molar-refractivity contribution in [3.8, 4) is 0 Å². The van der Waals surface area contributed by atoms with Gasteiger partial charge in [-0.05, 0) is 30.6 Å². The molecule has 0 bridgehead atoms. The Hall–Kier alpha value is -0.530. The van der Waals surface area contributed by atoms with E-state index < -0.39 is 0 Å². The normalized spacial score (nSPS) is 15.6. The maximum Gasteiger partial charge on any atom is 0.225 e. The van der Waals surface area contributed by atoms with Crippen molar-refractivity contribution < 1.29 is 4.79 Å². The summed E-state index contributed by atoms with van der Waals surface area (Å²) in [6.45, 7) is 16.0. The molecule has 1 amide bonds. The molecule has 0 aromatic heterocycles. The number of carbonyl (C=O) groups is 1. The van der Waals surface area contributed by atoms with Gasteiger partial charge in [0.05, 0.1) is 0 Å². The van der Waals surface area contributed by atoms with Gasteiger partial charge in [-0.1, -0.05) is 54.9 Å². The van der Waals surface area contributed by atoms with Crippen molar-refractivity contribution in [2.75, 3.05) is 6.54 Å². The second-order valence-corrected chi connectivity index (χ2v) is 7.08. The first-order valence-corrected chi connectivity index (χ1v) is 7.45. The number of rotatable bonds is 8. The molecule has 0 aromatic rings. The quantitative estimate of drug-likeness (QED) is 0.684. The van der Waals surface area contributed by atoms with Gasteiger partial charge in [0.1, 0.15) is 0 Å². The second kappa shape index (κ2) is 7.16. The van der Waals surface area contributed by atoms with E-state index >= 15 is 0 Å². The van der Waals surface area contributed by atoms with E-state index in [1.807, 2.05) is 13.8 Å². The maximum absolute atomic E-state index is 12.2. The third kappa shape index (κ3) is 5.88. The van der Waals surface area contributed by atoms with Crippen LogP contribution < -0.4 is 5.32 Å². The molecule has 2 nitrogen and oxygen atoms in total. The van der Waals surface area contributed by atoms with Crippen LogP contribution in [0.25, 0.3) is 0 Å². The van der Waals surface area contributed by atoms with Crippen LogP contribution in [0, 0.1) is 16.7 Å². The number of carbonyl (C=O) groups excluding carboxylic acids is 1. The van der Waals surface area contributed by atoms with Crippen molar-refractivity contribution in [3.63, 3.8) is 0 Å². The Morgan fingerprint density at radius 1 is 1.17 bits per heavy atom. The van der Waals surface area contributed by atoms with Crippen LogP contribution in [-0.4, -0.2) is 12.5 Å². The highest BCUT2D eigenvalue weighted by Crippen LogP contribution is 2.30. The van der Waals surface area contributed by atoms with E-state index in [1.54, 1.807) is 0 Å². The molecule has 0 heterocycles. The van der Waals surface area contributed by atoms with Crippen LogP contribution in [-0.2, 0) is 4.79 Å². The lowest BCUT2D eigenvalue weighted by Gasteiger charge is -2.32. The van der Waals surface area contributed by atoms with Gasteiger partial charge in [0, 0.05) is 12.0 Å². The summed E-state index contributed by atoms with van der Waals surface area (Å²) in [5, 5.41) is 3.17. The van der Waals surface area contributed by atoms with Gasteiger partial charge in [0.2, 0.25) is 5.91 Å². The first-order chi connectivity index (χ1) is 8.17. The standard InChI is InChI=1S/C16H33NO/c1-8-10-15(5,6)14(18)17-12-16(7,9-2)11-13(3)4/h13H,8-12H2,1-7H3,(H,17,18)/t16-/m0/s1. The summed E-state index contributed by atoms with van der Waals surface area (Å²) in [4.78, 5) is 12.2. The van der Waals surface area contributed by atoms with E-state index in [0.717, 1.165) is 32.2 Å². The summed E-state index contributed by atoms with van der Waals surface area (Å²) in [6, 6.07) is 0. The van der Waals surface area contributed by atoms with Gasteiger partial charge < -0.3 is 5.32 Å². The zero-order valence-electron chi connectivity index (χ0n) is 13.5. The Balaban J connectivity index is 4.41. The third-order valence-corrected chi connectivity index (χ3v) is 3.92. The molecule has 0 unspecified atom stereocenters. The van der Waals surface area contributed by atoms with Gasteiger partial charge >= 0.3 is 0 Å². The average molecular weight is 255 g/mol. The first kappa shape index (κ1) is 17.5. The predicted octanol–water partition coefficient (Wildman–Crippen LogP) is 4.39. The average Bonchev–Trinajstić information content (AvgIpc) is 2.25. The van der Waals surface area contributed by atoms with Crippen molar-refractivity contribution in [2.24, 2.45) is 16.7 Å². The van der Waals surface area contributed by atoms with Crippen LogP contribution in [0.15, 0.2) is 0 Å². The molecule has 0 saturated carbocycles. The fourth-order valence-corrected chi connectivity index (χ4v) is 2.60. The zero-order chi connectivity index (χ0) is 14.4. The molecule has 0 aliphatic carbocycles.